The van der Waals surface area contributed by atoms with Crippen molar-refractivity contribution in [2.45, 2.75) is 30.6 Å². The Labute approximate surface area is 80.1 Å². The number of thioether (sulfide) groups is 1. The Hall–Kier alpha value is -0.300. The summed E-state index contributed by atoms with van der Waals surface area (Å²) in [5, 5.41) is 30.4. The standard InChI is InChI=1S/C7H13NO4S/c1-3(9)8-5-4(10)2-13-7(12)6(5)11/h4-7,10-12H,2H2,1H3,(H,8,9)/t4-,5+,6-,7?/m1/s1. The molecule has 0 radical (unpaired) electrons. The number of aliphatic hydroxyl groups excluding tert-OH is 3. The van der Waals surface area contributed by atoms with Crippen molar-refractivity contribution in [2.24, 2.45) is 0 Å². The van der Waals surface area contributed by atoms with Gasteiger partial charge in [0.1, 0.15) is 11.5 Å². The number of aliphatic hydroxyl groups is 3. The highest BCUT2D eigenvalue weighted by Gasteiger charge is 2.37. The molecule has 1 saturated heterocycles. The third-order valence-corrected chi connectivity index (χ3v) is 3.04. The van der Waals surface area contributed by atoms with Gasteiger partial charge in [0.15, 0.2) is 0 Å². The molecule has 1 aliphatic heterocycles. The average Bonchev–Trinajstić information content (AvgIpc) is 2.05. The number of carbonyl (C=O) groups excluding carboxylic acids is 1. The first kappa shape index (κ1) is 10.8. The molecule has 1 fully saturated rings. The fourth-order valence-corrected chi connectivity index (χ4v) is 2.19. The molecule has 0 aliphatic carbocycles. The molecule has 1 unspecified atom stereocenters. The molecule has 1 rings (SSSR count). The van der Waals surface area contributed by atoms with Crippen molar-refractivity contribution in [3.63, 3.8) is 0 Å². The van der Waals surface area contributed by atoms with Gasteiger partial charge in [-0.2, -0.15) is 0 Å². The lowest BCUT2D eigenvalue weighted by Crippen LogP contribution is -2.57. The SMILES string of the molecule is CC(=O)N[C@H]1[C@H](O)CSC(O)[C@@H]1O. The van der Waals surface area contributed by atoms with E-state index in [1.807, 2.05) is 0 Å². The Kier molecular flexibility index (Phi) is 3.55. The molecule has 0 aromatic rings. The summed E-state index contributed by atoms with van der Waals surface area (Å²) in [5.41, 5.74) is -0.944. The van der Waals surface area contributed by atoms with E-state index < -0.39 is 23.7 Å². The van der Waals surface area contributed by atoms with E-state index in [0.29, 0.717) is 5.75 Å². The molecule has 0 saturated carbocycles. The molecule has 0 spiro atoms. The van der Waals surface area contributed by atoms with E-state index in [1.54, 1.807) is 0 Å². The average molecular weight is 207 g/mol. The van der Waals surface area contributed by atoms with Crippen LogP contribution in [-0.4, -0.2) is 50.7 Å². The molecule has 1 amide bonds. The Morgan fingerprint density at radius 2 is 2.08 bits per heavy atom. The number of rotatable bonds is 1. The molecule has 4 N–H and O–H groups in total. The van der Waals surface area contributed by atoms with Crippen molar-refractivity contribution in [3.8, 4) is 0 Å². The molecule has 0 aromatic carbocycles. The summed E-state index contributed by atoms with van der Waals surface area (Å²) in [6.45, 7) is 1.30. The Morgan fingerprint density at radius 1 is 1.46 bits per heavy atom. The quantitative estimate of drug-likeness (QED) is 0.410. The minimum absolute atomic E-state index is 0.309. The van der Waals surface area contributed by atoms with Gasteiger partial charge in [-0.05, 0) is 0 Å². The predicted octanol–water partition coefficient (Wildman–Crippen LogP) is -1.72. The van der Waals surface area contributed by atoms with Crippen molar-refractivity contribution < 1.29 is 20.1 Å². The normalized spacial score (nSPS) is 40.0. The minimum Gasteiger partial charge on any atom is -0.390 e. The number of carbonyl (C=O) groups is 1. The molecule has 0 aromatic heterocycles. The molecule has 1 aliphatic rings. The van der Waals surface area contributed by atoms with Gasteiger partial charge in [-0.25, -0.2) is 0 Å². The highest BCUT2D eigenvalue weighted by Crippen LogP contribution is 2.24. The van der Waals surface area contributed by atoms with Crippen molar-refractivity contribution >= 4 is 17.7 Å². The second kappa shape index (κ2) is 4.28. The van der Waals surface area contributed by atoms with Crippen molar-refractivity contribution in [1.82, 2.24) is 5.32 Å². The van der Waals surface area contributed by atoms with Gasteiger partial charge in [0, 0.05) is 12.7 Å². The lowest BCUT2D eigenvalue weighted by atomic mass is 10.1. The largest absolute Gasteiger partial charge is 0.390 e. The van der Waals surface area contributed by atoms with Crippen LogP contribution in [0.2, 0.25) is 0 Å². The van der Waals surface area contributed by atoms with E-state index >= 15 is 0 Å². The molecule has 6 heteroatoms. The van der Waals surface area contributed by atoms with Crippen LogP contribution in [0.4, 0.5) is 0 Å². The predicted molar refractivity (Wildman–Crippen MR) is 48.1 cm³/mol. The Morgan fingerprint density at radius 3 is 2.62 bits per heavy atom. The molecule has 4 atom stereocenters. The fraction of sp³-hybridized carbons (Fsp3) is 0.857. The second-order valence-corrected chi connectivity index (χ2v) is 4.16. The maximum absolute atomic E-state index is 10.7. The molecule has 5 nitrogen and oxygen atoms in total. The van der Waals surface area contributed by atoms with Crippen LogP contribution in [0.25, 0.3) is 0 Å². The van der Waals surface area contributed by atoms with E-state index in [9.17, 15) is 20.1 Å². The van der Waals surface area contributed by atoms with Gasteiger partial charge in [-0.1, -0.05) is 0 Å². The van der Waals surface area contributed by atoms with Gasteiger partial charge in [0.2, 0.25) is 5.91 Å². The minimum atomic E-state index is -1.11. The summed E-state index contributed by atoms with van der Waals surface area (Å²) in [7, 11) is 0. The summed E-state index contributed by atoms with van der Waals surface area (Å²) >= 11 is 1.07. The van der Waals surface area contributed by atoms with Crippen molar-refractivity contribution in [3.05, 3.63) is 0 Å². The first-order chi connectivity index (χ1) is 6.02. The molecular weight excluding hydrogens is 194 g/mol. The Balaban J connectivity index is 2.60. The molecule has 1 heterocycles. The van der Waals surface area contributed by atoms with E-state index in [1.165, 1.54) is 6.92 Å². The number of nitrogens with one attached hydrogen (secondary N) is 1. The number of amides is 1. The Bertz CT molecular complexity index is 201. The molecule has 76 valence electrons. The van der Waals surface area contributed by atoms with Crippen LogP contribution in [0.15, 0.2) is 0 Å². The molecule has 0 bridgehead atoms. The first-order valence-electron chi connectivity index (χ1n) is 3.95. The summed E-state index contributed by atoms with van der Waals surface area (Å²) < 4.78 is 0. The highest BCUT2D eigenvalue weighted by molar-refractivity contribution is 7.99. The zero-order valence-electron chi connectivity index (χ0n) is 7.17. The van der Waals surface area contributed by atoms with E-state index in [4.69, 9.17) is 0 Å². The topological polar surface area (TPSA) is 89.8 Å². The van der Waals surface area contributed by atoms with Crippen LogP contribution in [0, 0.1) is 0 Å². The third kappa shape index (κ3) is 2.57. The van der Waals surface area contributed by atoms with Crippen LogP contribution in [0.5, 0.6) is 0 Å². The fourth-order valence-electron chi connectivity index (χ4n) is 1.22. The smallest absolute Gasteiger partial charge is 0.217 e. The summed E-state index contributed by atoms with van der Waals surface area (Å²) in [6.07, 6.45) is -1.93. The second-order valence-electron chi connectivity index (χ2n) is 3.01. The van der Waals surface area contributed by atoms with Crippen LogP contribution in [0.1, 0.15) is 6.92 Å². The van der Waals surface area contributed by atoms with Gasteiger partial charge in [0.25, 0.3) is 0 Å². The van der Waals surface area contributed by atoms with Crippen LogP contribution in [-0.2, 0) is 4.79 Å². The first-order valence-corrected chi connectivity index (χ1v) is 5.00. The monoisotopic (exact) mass is 207 g/mol. The van der Waals surface area contributed by atoms with Gasteiger partial charge in [-0.15, -0.1) is 11.8 Å². The van der Waals surface area contributed by atoms with Crippen LogP contribution < -0.4 is 5.32 Å². The van der Waals surface area contributed by atoms with Crippen molar-refractivity contribution in [1.29, 1.82) is 0 Å². The third-order valence-electron chi connectivity index (χ3n) is 1.88. The summed E-state index contributed by atoms with van der Waals surface area (Å²) in [6, 6.07) is -0.770. The zero-order valence-corrected chi connectivity index (χ0v) is 7.99. The summed E-state index contributed by atoms with van der Waals surface area (Å²) in [4.78, 5) is 10.7. The van der Waals surface area contributed by atoms with E-state index in [0.717, 1.165) is 11.8 Å². The lowest BCUT2D eigenvalue weighted by molar-refractivity contribution is -0.122. The maximum Gasteiger partial charge on any atom is 0.217 e. The van der Waals surface area contributed by atoms with Crippen molar-refractivity contribution in [2.75, 3.05) is 5.75 Å². The van der Waals surface area contributed by atoms with Gasteiger partial charge < -0.3 is 20.6 Å². The van der Waals surface area contributed by atoms with E-state index in [2.05, 4.69) is 5.32 Å². The van der Waals surface area contributed by atoms with Crippen LogP contribution in [0.3, 0.4) is 0 Å². The lowest BCUT2D eigenvalue weighted by Gasteiger charge is -2.35. The number of hydrogen-bond acceptors (Lipinski definition) is 5. The van der Waals surface area contributed by atoms with Gasteiger partial charge >= 0.3 is 0 Å². The van der Waals surface area contributed by atoms with E-state index in [-0.39, 0.29) is 5.91 Å². The van der Waals surface area contributed by atoms with Gasteiger partial charge in [0.05, 0.1) is 12.1 Å². The highest BCUT2D eigenvalue weighted by atomic mass is 32.2. The maximum atomic E-state index is 10.7. The van der Waals surface area contributed by atoms with Crippen LogP contribution >= 0.6 is 11.8 Å². The number of hydrogen-bond donors (Lipinski definition) is 4. The summed E-state index contributed by atoms with van der Waals surface area (Å²) in [5.74, 6) is -0.0226. The molecular formula is C7H13NO4S. The zero-order chi connectivity index (χ0) is 10.0. The van der Waals surface area contributed by atoms with Gasteiger partial charge in [-0.3, -0.25) is 4.79 Å². The molecule has 13 heavy (non-hydrogen) atoms.